The Kier molecular flexibility index (Phi) is 4.24. The molecule has 0 bridgehead atoms. The molecule has 6 nitrogen and oxygen atoms in total. The zero-order valence-corrected chi connectivity index (χ0v) is 11.3. The van der Waals surface area contributed by atoms with Crippen LogP contribution in [0, 0.1) is 0 Å². The Labute approximate surface area is 117 Å². The van der Waals surface area contributed by atoms with Crippen LogP contribution in [-0.4, -0.2) is 35.5 Å². The molecule has 3 N–H and O–H groups in total. The molecular formula is C14H18N2O4. The Morgan fingerprint density at radius 1 is 1.50 bits per heavy atom. The number of oxime groups is 1. The van der Waals surface area contributed by atoms with Gasteiger partial charge in [-0.3, -0.25) is 0 Å². The predicted octanol–water partition coefficient (Wildman–Crippen LogP) is 1.38. The molecule has 1 unspecified atom stereocenters. The quantitative estimate of drug-likeness (QED) is 0.819. The minimum atomic E-state index is -1.44. The van der Waals surface area contributed by atoms with E-state index in [-0.39, 0.29) is 13.0 Å². The molecule has 108 valence electrons. The molecule has 1 aromatic rings. The van der Waals surface area contributed by atoms with E-state index in [0.29, 0.717) is 12.3 Å². The standard InChI is InChI=1S/C14H18N2O4/c1-2-7-19-11-5-3-10(4-6-11)12-8-14(9-15,13(17)18)20-16-12/h3-6H,2,7-9,15H2,1H3,(H,17,18). The van der Waals surface area contributed by atoms with Crippen molar-refractivity contribution in [1.82, 2.24) is 0 Å². The first kappa shape index (κ1) is 14.3. The SMILES string of the molecule is CCCOc1ccc(C2=NOC(CN)(C(=O)O)C2)cc1. The van der Waals surface area contributed by atoms with Gasteiger partial charge in [0, 0.05) is 13.0 Å². The van der Waals surface area contributed by atoms with E-state index in [1.807, 2.05) is 31.2 Å². The summed E-state index contributed by atoms with van der Waals surface area (Å²) >= 11 is 0. The molecule has 1 atom stereocenters. The summed E-state index contributed by atoms with van der Waals surface area (Å²) < 4.78 is 5.49. The van der Waals surface area contributed by atoms with Gasteiger partial charge < -0.3 is 20.4 Å². The molecule has 0 saturated heterocycles. The van der Waals surface area contributed by atoms with E-state index in [0.717, 1.165) is 17.7 Å². The second kappa shape index (κ2) is 5.92. The number of rotatable bonds is 6. The van der Waals surface area contributed by atoms with Crippen molar-refractivity contribution in [3.05, 3.63) is 29.8 Å². The Bertz CT molecular complexity index is 512. The van der Waals surface area contributed by atoms with Crippen LogP contribution < -0.4 is 10.5 Å². The zero-order valence-electron chi connectivity index (χ0n) is 11.3. The summed E-state index contributed by atoms with van der Waals surface area (Å²) in [4.78, 5) is 16.3. The molecule has 0 radical (unpaired) electrons. The molecule has 0 saturated carbocycles. The monoisotopic (exact) mass is 278 g/mol. The van der Waals surface area contributed by atoms with Crippen molar-refractivity contribution in [3.63, 3.8) is 0 Å². The number of hydrogen-bond acceptors (Lipinski definition) is 5. The van der Waals surface area contributed by atoms with Gasteiger partial charge in [0.05, 0.1) is 12.3 Å². The number of aliphatic carboxylic acids is 1. The summed E-state index contributed by atoms with van der Waals surface area (Å²) in [6.07, 6.45) is 1.11. The summed E-state index contributed by atoms with van der Waals surface area (Å²) in [6, 6.07) is 7.33. The summed E-state index contributed by atoms with van der Waals surface area (Å²) in [5.41, 5.74) is 5.45. The maximum absolute atomic E-state index is 11.2. The first-order valence-electron chi connectivity index (χ1n) is 6.53. The van der Waals surface area contributed by atoms with Gasteiger partial charge in [0.2, 0.25) is 0 Å². The van der Waals surface area contributed by atoms with Crippen LogP contribution in [0.2, 0.25) is 0 Å². The lowest BCUT2D eigenvalue weighted by atomic mass is 9.94. The van der Waals surface area contributed by atoms with Crippen LogP contribution in [0.3, 0.4) is 0 Å². The van der Waals surface area contributed by atoms with Gasteiger partial charge in [-0.15, -0.1) is 0 Å². The van der Waals surface area contributed by atoms with Crippen LogP contribution in [-0.2, 0) is 9.63 Å². The lowest BCUT2D eigenvalue weighted by Crippen LogP contribution is -2.45. The number of ether oxygens (including phenoxy) is 1. The Morgan fingerprint density at radius 2 is 2.20 bits per heavy atom. The van der Waals surface area contributed by atoms with Gasteiger partial charge in [-0.25, -0.2) is 4.79 Å². The van der Waals surface area contributed by atoms with E-state index < -0.39 is 11.6 Å². The fourth-order valence-corrected chi connectivity index (χ4v) is 1.91. The largest absolute Gasteiger partial charge is 0.494 e. The van der Waals surface area contributed by atoms with Crippen molar-refractivity contribution in [1.29, 1.82) is 0 Å². The van der Waals surface area contributed by atoms with Crippen molar-refractivity contribution >= 4 is 11.7 Å². The van der Waals surface area contributed by atoms with Crippen LogP contribution in [0.1, 0.15) is 25.3 Å². The van der Waals surface area contributed by atoms with Gasteiger partial charge in [-0.1, -0.05) is 12.1 Å². The molecule has 6 heteroatoms. The Balaban J connectivity index is 2.08. The minimum Gasteiger partial charge on any atom is -0.494 e. The second-order valence-electron chi connectivity index (χ2n) is 4.68. The number of nitrogens with zero attached hydrogens (tertiary/aromatic N) is 1. The highest BCUT2D eigenvalue weighted by Crippen LogP contribution is 2.27. The molecule has 1 aliphatic heterocycles. The number of carboxylic acids is 1. The van der Waals surface area contributed by atoms with Gasteiger partial charge >= 0.3 is 5.97 Å². The summed E-state index contributed by atoms with van der Waals surface area (Å²) in [5.74, 6) is -0.319. The maximum atomic E-state index is 11.2. The average molecular weight is 278 g/mol. The third-order valence-corrected chi connectivity index (χ3v) is 3.16. The summed E-state index contributed by atoms with van der Waals surface area (Å²) in [5, 5.41) is 13.0. The third-order valence-electron chi connectivity index (χ3n) is 3.16. The van der Waals surface area contributed by atoms with Crippen molar-refractivity contribution < 1.29 is 19.5 Å². The highest BCUT2D eigenvalue weighted by molar-refractivity contribution is 6.04. The van der Waals surface area contributed by atoms with E-state index in [4.69, 9.17) is 15.3 Å². The van der Waals surface area contributed by atoms with Crippen molar-refractivity contribution in [2.75, 3.05) is 13.2 Å². The number of nitrogens with two attached hydrogens (primary N) is 1. The molecular weight excluding hydrogens is 260 g/mol. The topological polar surface area (TPSA) is 94.1 Å². The normalized spacial score (nSPS) is 21.2. The molecule has 0 amide bonds. The second-order valence-corrected chi connectivity index (χ2v) is 4.68. The van der Waals surface area contributed by atoms with Crippen molar-refractivity contribution in [2.45, 2.75) is 25.4 Å². The first-order valence-corrected chi connectivity index (χ1v) is 6.53. The van der Waals surface area contributed by atoms with Crippen LogP contribution >= 0.6 is 0 Å². The molecule has 1 aliphatic rings. The molecule has 0 aromatic heterocycles. The van der Waals surface area contributed by atoms with E-state index in [9.17, 15) is 9.90 Å². The lowest BCUT2D eigenvalue weighted by Gasteiger charge is -2.18. The smallest absolute Gasteiger partial charge is 0.352 e. The molecule has 0 aliphatic carbocycles. The van der Waals surface area contributed by atoms with Crippen LogP contribution in [0.4, 0.5) is 0 Å². The van der Waals surface area contributed by atoms with E-state index >= 15 is 0 Å². The zero-order chi connectivity index (χ0) is 14.6. The third kappa shape index (κ3) is 2.75. The number of benzene rings is 1. The van der Waals surface area contributed by atoms with Crippen LogP contribution in [0.5, 0.6) is 5.75 Å². The number of carboxylic acid groups (broad SMARTS) is 1. The van der Waals surface area contributed by atoms with Gasteiger partial charge in [0.25, 0.3) is 5.60 Å². The lowest BCUT2D eigenvalue weighted by molar-refractivity contribution is -0.161. The molecule has 0 spiro atoms. The Morgan fingerprint density at radius 3 is 2.70 bits per heavy atom. The van der Waals surface area contributed by atoms with Crippen LogP contribution in [0.25, 0.3) is 0 Å². The van der Waals surface area contributed by atoms with Gasteiger partial charge in [-0.05, 0) is 36.2 Å². The fourth-order valence-electron chi connectivity index (χ4n) is 1.91. The van der Waals surface area contributed by atoms with E-state index in [1.54, 1.807) is 0 Å². The fraction of sp³-hybridized carbons (Fsp3) is 0.429. The number of hydrogen-bond donors (Lipinski definition) is 2. The first-order chi connectivity index (χ1) is 9.61. The Hall–Kier alpha value is -2.08. The summed E-state index contributed by atoms with van der Waals surface area (Å²) in [6.45, 7) is 2.59. The molecule has 1 aromatic carbocycles. The van der Waals surface area contributed by atoms with Gasteiger partial charge in [0.1, 0.15) is 5.75 Å². The highest BCUT2D eigenvalue weighted by Gasteiger charge is 2.46. The minimum absolute atomic E-state index is 0.118. The molecule has 1 heterocycles. The molecule has 0 fully saturated rings. The van der Waals surface area contributed by atoms with Crippen molar-refractivity contribution in [3.8, 4) is 5.75 Å². The molecule has 2 rings (SSSR count). The predicted molar refractivity (Wildman–Crippen MR) is 73.9 cm³/mol. The van der Waals surface area contributed by atoms with Gasteiger partial charge in [-0.2, -0.15) is 0 Å². The van der Waals surface area contributed by atoms with Crippen molar-refractivity contribution in [2.24, 2.45) is 10.9 Å². The average Bonchev–Trinajstić information content (AvgIpc) is 2.91. The molecule has 20 heavy (non-hydrogen) atoms. The van der Waals surface area contributed by atoms with E-state index in [1.165, 1.54) is 0 Å². The van der Waals surface area contributed by atoms with Crippen LogP contribution in [0.15, 0.2) is 29.4 Å². The van der Waals surface area contributed by atoms with Gasteiger partial charge in [0.15, 0.2) is 0 Å². The summed E-state index contributed by atoms with van der Waals surface area (Å²) in [7, 11) is 0. The maximum Gasteiger partial charge on any atom is 0.352 e. The highest BCUT2D eigenvalue weighted by atomic mass is 16.7. The van der Waals surface area contributed by atoms with E-state index in [2.05, 4.69) is 5.16 Å². The number of carbonyl (C=O) groups is 1.